The van der Waals surface area contributed by atoms with Gasteiger partial charge in [0.25, 0.3) is 0 Å². The van der Waals surface area contributed by atoms with E-state index in [2.05, 4.69) is 5.32 Å². The van der Waals surface area contributed by atoms with E-state index >= 15 is 0 Å². The summed E-state index contributed by atoms with van der Waals surface area (Å²) in [5.74, 6) is 0. The van der Waals surface area contributed by atoms with Crippen molar-refractivity contribution in [1.82, 2.24) is 5.32 Å². The maximum Gasteiger partial charge on any atom is 0.407 e. The number of nitrogens with one attached hydrogen (secondary N) is 1. The molecule has 0 radical (unpaired) electrons. The molecule has 2 N–H and O–H groups in total. The van der Waals surface area contributed by atoms with Crippen LogP contribution in [0.1, 0.15) is 27.2 Å². The van der Waals surface area contributed by atoms with Crippen molar-refractivity contribution >= 4 is 6.09 Å². The summed E-state index contributed by atoms with van der Waals surface area (Å²) in [6.45, 7) is 7.73. The van der Waals surface area contributed by atoms with Crippen LogP contribution in [0.5, 0.6) is 0 Å². The maximum absolute atomic E-state index is 11.3. The van der Waals surface area contributed by atoms with Crippen molar-refractivity contribution in [3.05, 3.63) is 0 Å². The second kappa shape index (κ2) is 8.41. The van der Waals surface area contributed by atoms with Gasteiger partial charge in [0, 0.05) is 19.6 Å². The van der Waals surface area contributed by atoms with E-state index < -0.39 is 18.0 Å². The van der Waals surface area contributed by atoms with E-state index in [0.29, 0.717) is 39.4 Å². The zero-order chi connectivity index (χ0) is 15.0. The third kappa shape index (κ3) is 9.08. The molecule has 0 aromatic carbocycles. The number of aliphatic hydroxyl groups excluding tert-OH is 1. The highest BCUT2D eigenvalue weighted by molar-refractivity contribution is 5.67. The average molecular weight is 291 g/mol. The van der Waals surface area contributed by atoms with E-state index in [-0.39, 0.29) is 6.10 Å². The number of carbonyl (C=O) groups excluding carboxylic acids is 1. The lowest BCUT2D eigenvalue weighted by Crippen LogP contribution is -2.34. The summed E-state index contributed by atoms with van der Waals surface area (Å²) in [7, 11) is 0. The first kappa shape index (κ1) is 17.2. The highest BCUT2D eigenvalue weighted by atomic mass is 16.7. The Bertz CT molecular complexity index is 291. The molecular formula is C13H25NO6. The highest BCUT2D eigenvalue weighted by Gasteiger charge is 2.35. The lowest BCUT2D eigenvalue weighted by molar-refractivity contribution is 0.0384. The van der Waals surface area contributed by atoms with Crippen LogP contribution < -0.4 is 5.32 Å². The Hall–Kier alpha value is -0.890. The van der Waals surface area contributed by atoms with E-state index in [4.69, 9.17) is 24.1 Å². The third-order valence-electron chi connectivity index (χ3n) is 2.39. The second-order valence-electron chi connectivity index (χ2n) is 5.51. The predicted molar refractivity (Wildman–Crippen MR) is 71.4 cm³/mol. The van der Waals surface area contributed by atoms with Crippen LogP contribution in [0.15, 0.2) is 0 Å². The van der Waals surface area contributed by atoms with Crippen LogP contribution in [-0.4, -0.2) is 62.2 Å². The number of hydrogen-bond donors (Lipinski definition) is 2. The quantitative estimate of drug-likeness (QED) is 0.479. The summed E-state index contributed by atoms with van der Waals surface area (Å²) in [4.78, 5) is 11.3. The van der Waals surface area contributed by atoms with Gasteiger partial charge in [-0.2, -0.15) is 0 Å². The van der Waals surface area contributed by atoms with Crippen LogP contribution >= 0.6 is 0 Å². The van der Waals surface area contributed by atoms with Crippen LogP contribution in [0.3, 0.4) is 0 Å². The molecule has 1 aliphatic heterocycles. The molecule has 0 spiro atoms. The fraction of sp³-hybridized carbons (Fsp3) is 0.923. The summed E-state index contributed by atoms with van der Waals surface area (Å²) in [5, 5.41) is 11.5. The van der Waals surface area contributed by atoms with Crippen LogP contribution in [0, 0.1) is 0 Å². The largest absolute Gasteiger partial charge is 0.444 e. The van der Waals surface area contributed by atoms with Gasteiger partial charge in [0.15, 0.2) is 6.29 Å². The predicted octanol–water partition coefficient (Wildman–Crippen LogP) is 0.652. The van der Waals surface area contributed by atoms with Crippen molar-refractivity contribution in [3.63, 3.8) is 0 Å². The minimum absolute atomic E-state index is 0.0612. The monoisotopic (exact) mass is 291 g/mol. The average Bonchev–Trinajstić information content (AvgIpc) is 3.01. The van der Waals surface area contributed by atoms with Gasteiger partial charge in [0.2, 0.25) is 0 Å². The van der Waals surface area contributed by atoms with Gasteiger partial charge in [0.05, 0.1) is 19.8 Å². The Morgan fingerprint density at radius 3 is 2.35 bits per heavy atom. The van der Waals surface area contributed by atoms with Crippen LogP contribution in [-0.2, 0) is 18.9 Å². The standard InChI is InChI=1S/C13H25NO6/c1-13(2,3)20-12(16)14-5-7-18-9-8-17-6-4-10-11(15)19-10/h10-11,15H,4-9H2,1-3H3,(H,14,16). The van der Waals surface area contributed by atoms with E-state index in [9.17, 15) is 4.79 Å². The van der Waals surface area contributed by atoms with Crippen molar-refractivity contribution in [2.24, 2.45) is 0 Å². The number of aliphatic hydroxyl groups is 1. The van der Waals surface area contributed by atoms with Crippen molar-refractivity contribution in [3.8, 4) is 0 Å². The first-order chi connectivity index (χ1) is 9.38. The Balaban J connectivity index is 1.79. The number of hydrogen-bond acceptors (Lipinski definition) is 6. The number of rotatable bonds is 9. The number of alkyl carbamates (subject to hydrolysis) is 1. The molecule has 2 unspecified atom stereocenters. The molecule has 0 bridgehead atoms. The number of amides is 1. The lowest BCUT2D eigenvalue weighted by Gasteiger charge is -2.19. The molecule has 118 valence electrons. The Labute approximate surface area is 119 Å². The van der Waals surface area contributed by atoms with Gasteiger partial charge in [-0.25, -0.2) is 4.79 Å². The molecule has 1 amide bonds. The number of epoxide rings is 1. The molecule has 1 saturated heterocycles. The zero-order valence-corrected chi connectivity index (χ0v) is 12.4. The molecule has 0 aromatic heterocycles. The molecule has 1 rings (SSSR count). The molecular weight excluding hydrogens is 266 g/mol. The maximum atomic E-state index is 11.3. The highest BCUT2D eigenvalue weighted by Crippen LogP contribution is 2.21. The van der Waals surface area contributed by atoms with Gasteiger partial charge < -0.3 is 29.4 Å². The summed E-state index contributed by atoms with van der Waals surface area (Å²) >= 11 is 0. The first-order valence-corrected chi connectivity index (χ1v) is 6.84. The van der Waals surface area contributed by atoms with Crippen molar-refractivity contribution in [2.45, 2.75) is 45.2 Å². The van der Waals surface area contributed by atoms with Crippen molar-refractivity contribution < 1.29 is 28.8 Å². The van der Waals surface area contributed by atoms with Crippen LogP contribution in [0.2, 0.25) is 0 Å². The molecule has 7 nitrogen and oxygen atoms in total. The van der Waals surface area contributed by atoms with Gasteiger partial charge in [-0.05, 0) is 20.8 Å². The molecule has 1 aliphatic rings. The minimum atomic E-state index is -0.603. The van der Waals surface area contributed by atoms with Gasteiger partial charge in [-0.3, -0.25) is 0 Å². The fourth-order valence-electron chi connectivity index (χ4n) is 1.41. The number of carbonyl (C=O) groups is 1. The molecule has 0 aliphatic carbocycles. The van der Waals surface area contributed by atoms with Crippen LogP contribution in [0.25, 0.3) is 0 Å². The third-order valence-corrected chi connectivity index (χ3v) is 2.39. The molecule has 7 heteroatoms. The smallest absolute Gasteiger partial charge is 0.407 e. The summed E-state index contributed by atoms with van der Waals surface area (Å²) in [6.07, 6.45) is -0.412. The molecule has 1 fully saturated rings. The Morgan fingerprint density at radius 2 is 1.80 bits per heavy atom. The summed E-state index contributed by atoms with van der Waals surface area (Å²) in [6, 6.07) is 0. The van der Waals surface area contributed by atoms with Crippen molar-refractivity contribution in [1.29, 1.82) is 0 Å². The molecule has 20 heavy (non-hydrogen) atoms. The van der Waals surface area contributed by atoms with Crippen LogP contribution in [0.4, 0.5) is 4.79 Å². The Morgan fingerprint density at radius 1 is 1.20 bits per heavy atom. The Kier molecular flexibility index (Phi) is 7.22. The number of ether oxygens (including phenoxy) is 4. The minimum Gasteiger partial charge on any atom is -0.444 e. The lowest BCUT2D eigenvalue weighted by atomic mass is 10.2. The SMILES string of the molecule is CC(C)(C)OC(=O)NCCOCCOCCC1OC1O. The van der Waals surface area contributed by atoms with E-state index in [1.807, 2.05) is 20.8 Å². The normalized spacial score (nSPS) is 21.6. The fourth-order valence-corrected chi connectivity index (χ4v) is 1.41. The molecule has 0 aromatic rings. The van der Waals surface area contributed by atoms with Gasteiger partial charge in [-0.15, -0.1) is 0 Å². The zero-order valence-electron chi connectivity index (χ0n) is 12.4. The second-order valence-corrected chi connectivity index (χ2v) is 5.51. The van der Waals surface area contributed by atoms with E-state index in [0.717, 1.165) is 0 Å². The summed E-state index contributed by atoms with van der Waals surface area (Å²) in [5.41, 5.74) is -0.488. The summed E-state index contributed by atoms with van der Waals surface area (Å²) < 4.78 is 20.5. The molecule has 0 saturated carbocycles. The van der Waals surface area contributed by atoms with Crippen molar-refractivity contribution in [2.75, 3.05) is 33.0 Å². The van der Waals surface area contributed by atoms with E-state index in [1.54, 1.807) is 0 Å². The molecule has 1 heterocycles. The van der Waals surface area contributed by atoms with E-state index in [1.165, 1.54) is 0 Å². The van der Waals surface area contributed by atoms with Gasteiger partial charge >= 0.3 is 6.09 Å². The molecule has 2 atom stereocenters. The topological polar surface area (TPSA) is 89.6 Å². The van der Waals surface area contributed by atoms with Gasteiger partial charge in [0.1, 0.15) is 11.7 Å². The first-order valence-electron chi connectivity index (χ1n) is 6.84. The van der Waals surface area contributed by atoms with Gasteiger partial charge in [-0.1, -0.05) is 0 Å².